The maximum Gasteiger partial charge on any atom is 0.293 e. The summed E-state index contributed by atoms with van der Waals surface area (Å²) in [7, 11) is 0. The highest BCUT2D eigenvalue weighted by atomic mass is 32.1. The third-order valence-corrected chi connectivity index (χ3v) is 6.74. The number of thiazole rings is 1. The Hall–Kier alpha value is -4.04. The Bertz CT molecular complexity index is 1330. The summed E-state index contributed by atoms with van der Waals surface area (Å²) >= 11 is 1.58. The van der Waals surface area contributed by atoms with Crippen molar-refractivity contribution in [3.05, 3.63) is 93.9 Å². The summed E-state index contributed by atoms with van der Waals surface area (Å²) in [5.41, 5.74) is 4.29. The van der Waals surface area contributed by atoms with E-state index in [9.17, 15) is 14.9 Å². The lowest BCUT2D eigenvalue weighted by Crippen LogP contribution is -2.19. The Morgan fingerprint density at radius 2 is 1.71 bits per heavy atom. The van der Waals surface area contributed by atoms with Crippen molar-refractivity contribution in [3.8, 4) is 21.8 Å². The van der Waals surface area contributed by atoms with Crippen molar-refractivity contribution in [1.82, 2.24) is 4.98 Å². The molecule has 4 aromatic rings. The molecule has 0 unspecified atom stereocenters. The first-order valence-corrected chi connectivity index (χ1v) is 11.9. The molecule has 0 aliphatic carbocycles. The van der Waals surface area contributed by atoms with E-state index in [1.165, 1.54) is 6.07 Å². The van der Waals surface area contributed by atoms with Crippen LogP contribution in [0.25, 0.3) is 21.8 Å². The Labute approximate surface area is 200 Å². The molecule has 3 aromatic carbocycles. The predicted molar refractivity (Wildman–Crippen MR) is 135 cm³/mol. The Morgan fingerprint density at radius 3 is 2.41 bits per heavy atom. The summed E-state index contributed by atoms with van der Waals surface area (Å²) in [6, 6.07) is 22.1. The molecule has 0 saturated carbocycles. The second kappa shape index (κ2) is 9.44. The molecule has 2 heterocycles. The molecule has 5 rings (SSSR count). The van der Waals surface area contributed by atoms with Crippen LogP contribution in [-0.2, 0) is 0 Å². The fourth-order valence-corrected chi connectivity index (χ4v) is 4.92. The molecule has 0 atom stereocenters. The zero-order valence-electron chi connectivity index (χ0n) is 18.3. The molecule has 0 radical (unpaired) electrons. The first kappa shape index (κ1) is 21.8. The fraction of sp³-hybridized carbons (Fsp3) is 0.154. The van der Waals surface area contributed by atoms with Gasteiger partial charge in [-0.05, 0) is 37.1 Å². The van der Waals surface area contributed by atoms with E-state index in [-0.39, 0.29) is 17.2 Å². The summed E-state index contributed by atoms with van der Waals surface area (Å²) in [5, 5.41) is 17.4. The molecule has 1 aromatic heterocycles. The van der Waals surface area contributed by atoms with Gasteiger partial charge in [-0.15, -0.1) is 11.3 Å². The number of nitro groups is 1. The monoisotopic (exact) mass is 470 g/mol. The van der Waals surface area contributed by atoms with Crippen LogP contribution >= 0.6 is 11.3 Å². The molecule has 1 N–H and O–H groups in total. The van der Waals surface area contributed by atoms with Crippen LogP contribution < -0.4 is 10.2 Å². The molecule has 0 bridgehead atoms. The summed E-state index contributed by atoms with van der Waals surface area (Å²) in [6.45, 7) is 1.59. The number of benzene rings is 3. The maximum atomic E-state index is 12.8. The number of nitro benzene ring substituents is 1. The molecule has 7 nitrogen and oxygen atoms in total. The topological polar surface area (TPSA) is 88.4 Å². The Morgan fingerprint density at radius 1 is 0.971 bits per heavy atom. The summed E-state index contributed by atoms with van der Waals surface area (Å²) in [5.74, 6) is -0.385. The number of nitrogens with one attached hydrogen (secondary N) is 1. The molecule has 0 spiro atoms. The van der Waals surface area contributed by atoms with Gasteiger partial charge in [0.15, 0.2) is 0 Å². The SMILES string of the molecule is O=C(Nc1ccc(-c2csc(-c3ccccc3)n2)cc1)c1ccc(N2CCCC2)c([N+](=O)[O-])c1. The minimum Gasteiger partial charge on any atom is -0.366 e. The lowest BCUT2D eigenvalue weighted by atomic mass is 10.1. The number of amides is 1. The Kier molecular flexibility index (Phi) is 6.05. The van der Waals surface area contributed by atoms with Crippen LogP contribution in [-0.4, -0.2) is 28.9 Å². The first-order chi connectivity index (χ1) is 16.6. The second-order valence-electron chi connectivity index (χ2n) is 8.09. The Balaban J connectivity index is 1.30. The minimum atomic E-state index is -0.420. The molecule has 1 fully saturated rings. The molecule has 8 heteroatoms. The highest BCUT2D eigenvalue weighted by molar-refractivity contribution is 7.13. The van der Waals surface area contributed by atoms with E-state index < -0.39 is 4.92 Å². The lowest BCUT2D eigenvalue weighted by Gasteiger charge is -2.17. The molecule has 1 aliphatic rings. The van der Waals surface area contributed by atoms with Crippen molar-refractivity contribution in [2.45, 2.75) is 12.8 Å². The van der Waals surface area contributed by atoms with E-state index in [4.69, 9.17) is 4.98 Å². The number of hydrogen-bond donors (Lipinski definition) is 1. The highest BCUT2D eigenvalue weighted by Gasteiger charge is 2.24. The number of anilines is 2. The minimum absolute atomic E-state index is 0.0392. The van der Waals surface area contributed by atoms with Crippen LogP contribution in [0, 0.1) is 10.1 Å². The third-order valence-electron chi connectivity index (χ3n) is 5.84. The molecule has 1 amide bonds. The number of hydrogen-bond acceptors (Lipinski definition) is 6. The largest absolute Gasteiger partial charge is 0.366 e. The van der Waals surface area contributed by atoms with Crippen LogP contribution in [0.3, 0.4) is 0 Å². The van der Waals surface area contributed by atoms with Crippen molar-refractivity contribution in [3.63, 3.8) is 0 Å². The predicted octanol–water partition coefficient (Wildman–Crippen LogP) is 6.24. The van der Waals surface area contributed by atoms with Gasteiger partial charge in [-0.25, -0.2) is 4.98 Å². The van der Waals surface area contributed by atoms with Gasteiger partial charge in [0, 0.05) is 46.9 Å². The van der Waals surface area contributed by atoms with Crippen molar-refractivity contribution in [2.75, 3.05) is 23.3 Å². The number of aromatic nitrogens is 1. The molecule has 34 heavy (non-hydrogen) atoms. The van der Waals surface area contributed by atoms with Gasteiger partial charge in [-0.1, -0.05) is 42.5 Å². The number of nitrogens with zero attached hydrogens (tertiary/aromatic N) is 3. The molecular weight excluding hydrogens is 448 g/mol. The quantitative estimate of drug-likeness (QED) is 0.266. The standard InChI is InChI=1S/C26H22N4O3S/c31-25(20-10-13-23(24(16-20)30(32)33)29-14-4-5-15-29)27-21-11-8-18(9-12-21)22-17-34-26(28-22)19-6-2-1-3-7-19/h1-3,6-13,16-17H,4-5,14-15H2,(H,27,31). The average molecular weight is 471 g/mol. The van der Waals surface area contributed by atoms with E-state index >= 15 is 0 Å². The van der Waals surface area contributed by atoms with Crippen molar-refractivity contribution in [2.24, 2.45) is 0 Å². The van der Waals surface area contributed by atoms with E-state index in [1.807, 2.05) is 64.9 Å². The van der Waals surface area contributed by atoms with Gasteiger partial charge < -0.3 is 10.2 Å². The molecular formula is C26H22N4O3S. The van der Waals surface area contributed by atoms with Crippen LogP contribution in [0.1, 0.15) is 23.2 Å². The van der Waals surface area contributed by atoms with E-state index in [0.717, 1.165) is 47.8 Å². The summed E-state index contributed by atoms with van der Waals surface area (Å²) in [4.78, 5) is 30.7. The molecule has 170 valence electrons. The van der Waals surface area contributed by atoms with E-state index in [0.29, 0.717) is 11.4 Å². The smallest absolute Gasteiger partial charge is 0.293 e. The fourth-order valence-electron chi connectivity index (χ4n) is 4.08. The van der Waals surface area contributed by atoms with Crippen LogP contribution in [0.2, 0.25) is 0 Å². The summed E-state index contributed by atoms with van der Waals surface area (Å²) < 4.78 is 0. The van der Waals surface area contributed by atoms with Gasteiger partial charge in [-0.3, -0.25) is 14.9 Å². The maximum absolute atomic E-state index is 12.8. The van der Waals surface area contributed by atoms with Gasteiger partial charge in [0.05, 0.1) is 10.6 Å². The zero-order chi connectivity index (χ0) is 23.5. The van der Waals surface area contributed by atoms with Crippen LogP contribution in [0.5, 0.6) is 0 Å². The normalized spacial score (nSPS) is 13.1. The number of carbonyl (C=O) groups is 1. The van der Waals surface area contributed by atoms with E-state index in [1.54, 1.807) is 23.5 Å². The highest BCUT2D eigenvalue weighted by Crippen LogP contribution is 2.32. The molecule has 1 aliphatic heterocycles. The van der Waals surface area contributed by atoms with E-state index in [2.05, 4.69) is 5.32 Å². The van der Waals surface area contributed by atoms with Gasteiger partial charge in [0.25, 0.3) is 11.6 Å². The van der Waals surface area contributed by atoms with Crippen LogP contribution in [0.4, 0.5) is 17.1 Å². The summed E-state index contributed by atoms with van der Waals surface area (Å²) in [6.07, 6.45) is 2.04. The third kappa shape index (κ3) is 4.53. The first-order valence-electron chi connectivity index (χ1n) is 11.0. The number of carbonyl (C=O) groups excluding carboxylic acids is 1. The van der Waals surface area contributed by atoms with Gasteiger partial charge in [-0.2, -0.15) is 0 Å². The average Bonchev–Trinajstić information content (AvgIpc) is 3.58. The lowest BCUT2D eigenvalue weighted by molar-refractivity contribution is -0.384. The van der Waals surface area contributed by atoms with Crippen molar-refractivity contribution >= 4 is 34.3 Å². The van der Waals surface area contributed by atoms with Crippen molar-refractivity contribution in [1.29, 1.82) is 0 Å². The van der Waals surface area contributed by atoms with Gasteiger partial charge in [0.2, 0.25) is 0 Å². The van der Waals surface area contributed by atoms with Crippen molar-refractivity contribution < 1.29 is 9.72 Å². The zero-order valence-corrected chi connectivity index (χ0v) is 19.1. The number of rotatable bonds is 6. The van der Waals surface area contributed by atoms with Gasteiger partial charge in [0.1, 0.15) is 10.7 Å². The van der Waals surface area contributed by atoms with Crippen LogP contribution in [0.15, 0.2) is 78.2 Å². The second-order valence-corrected chi connectivity index (χ2v) is 8.95. The van der Waals surface area contributed by atoms with Gasteiger partial charge >= 0.3 is 0 Å². The molecule has 1 saturated heterocycles.